The number of nitrogens with zero attached hydrogens (tertiary/aromatic N) is 2. The number of guanidine groups is 1. The van der Waals surface area contributed by atoms with Crippen molar-refractivity contribution >= 4 is 57.6 Å². The van der Waals surface area contributed by atoms with Gasteiger partial charge in [-0.05, 0) is 54.1 Å². The number of thiophene rings is 2. The van der Waals surface area contributed by atoms with Crippen molar-refractivity contribution in [1.29, 1.82) is 0 Å². The Labute approximate surface area is 182 Å². The lowest BCUT2D eigenvalue weighted by Crippen LogP contribution is -2.49. The fourth-order valence-electron chi connectivity index (χ4n) is 3.20. The zero-order valence-electron chi connectivity index (χ0n) is 15.5. The van der Waals surface area contributed by atoms with E-state index in [0.717, 1.165) is 44.9 Å². The van der Waals surface area contributed by atoms with Crippen LogP contribution in [0.15, 0.2) is 40.0 Å². The molecule has 0 amide bonds. The molecule has 26 heavy (non-hydrogen) atoms. The summed E-state index contributed by atoms with van der Waals surface area (Å²) in [6.07, 6.45) is 3.44. The molecule has 7 heteroatoms. The number of halogens is 1. The molecule has 2 aromatic heterocycles. The molecule has 3 heterocycles. The first-order chi connectivity index (χ1) is 12.2. The van der Waals surface area contributed by atoms with Gasteiger partial charge >= 0.3 is 0 Å². The van der Waals surface area contributed by atoms with Gasteiger partial charge in [0, 0.05) is 37.6 Å². The van der Waals surface area contributed by atoms with Gasteiger partial charge in [0.15, 0.2) is 5.96 Å². The van der Waals surface area contributed by atoms with Crippen molar-refractivity contribution in [3.63, 3.8) is 0 Å². The van der Waals surface area contributed by atoms with Gasteiger partial charge in [0.05, 0.1) is 5.00 Å². The van der Waals surface area contributed by atoms with Crippen LogP contribution in [0.25, 0.3) is 0 Å². The van der Waals surface area contributed by atoms with Gasteiger partial charge in [0.1, 0.15) is 0 Å². The Hall–Kier alpha value is -0.800. The van der Waals surface area contributed by atoms with Crippen molar-refractivity contribution in [3.05, 3.63) is 39.9 Å². The van der Waals surface area contributed by atoms with E-state index >= 15 is 0 Å². The van der Waals surface area contributed by atoms with Crippen molar-refractivity contribution in [2.45, 2.75) is 32.2 Å². The van der Waals surface area contributed by atoms with Crippen molar-refractivity contribution in [2.24, 2.45) is 10.9 Å². The molecule has 3 rings (SSSR count). The van der Waals surface area contributed by atoms with Gasteiger partial charge in [-0.15, -0.1) is 46.7 Å². The van der Waals surface area contributed by atoms with E-state index in [9.17, 15) is 0 Å². The quantitative estimate of drug-likeness (QED) is 0.347. The molecule has 0 bridgehead atoms. The van der Waals surface area contributed by atoms with E-state index in [1.807, 2.05) is 29.7 Å². The van der Waals surface area contributed by atoms with Crippen LogP contribution in [-0.4, -0.2) is 38.7 Å². The summed E-state index contributed by atoms with van der Waals surface area (Å²) < 4.78 is 0. The summed E-state index contributed by atoms with van der Waals surface area (Å²) in [6.45, 7) is 5.47. The molecular formula is C19H29IN4S2. The lowest BCUT2D eigenvalue weighted by atomic mass is 10.1. The number of hydrogen-bond acceptors (Lipinski definition) is 4. The molecule has 1 atom stereocenters. The van der Waals surface area contributed by atoms with Crippen LogP contribution in [0.5, 0.6) is 0 Å². The van der Waals surface area contributed by atoms with E-state index in [-0.39, 0.29) is 24.0 Å². The lowest BCUT2D eigenvalue weighted by Gasteiger charge is -2.33. The SMILES string of the molecule is CN=C(NCC(C)Cc1cccs1)NC1CCN(c2cccs2)CC1.I. The second kappa shape index (κ2) is 11.1. The Morgan fingerprint density at radius 3 is 2.58 bits per heavy atom. The van der Waals surface area contributed by atoms with Crippen LogP contribution in [0.1, 0.15) is 24.6 Å². The zero-order valence-corrected chi connectivity index (χ0v) is 19.4. The van der Waals surface area contributed by atoms with E-state index in [4.69, 9.17) is 0 Å². The maximum Gasteiger partial charge on any atom is 0.191 e. The fourth-order valence-corrected chi connectivity index (χ4v) is 4.85. The molecular weight excluding hydrogens is 475 g/mol. The molecule has 0 radical (unpaired) electrons. The van der Waals surface area contributed by atoms with Crippen LogP contribution in [0.3, 0.4) is 0 Å². The second-order valence-corrected chi connectivity index (χ2v) is 8.66. The van der Waals surface area contributed by atoms with Gasteiger partial charge in [0.25, 0.3) is 0 Å². The molecule has 4 nitrogen and oxygen atoms in total. The van der Waals surface area contributed by atoms with Gasteiger partial charge in [-0.25, -0.2) is 0 Å². The van der Waals surface area contributed by atoms with Gasteiger partial charge in [0.2, 0.25) is 0 Å². The Bertz CT molecular complexity index is 635. The summed E-state index contributed by atoms with van der Waals surface area (Å²) in [5.41, 5.74) is 0. The first-order valence-electron chi connectivity index (χ1n) is 9.02. The number of anilines is 1. The molecule has 1 aliphatic rings. The van der Waals surface area contributed by atoms with Gasteiger partial charge < -0.3 is 15.5 Å². The normalized spacial score (nSPS) is 16.8. The third-order valence-electron chi connectivity index (χ3n) is 4.62. The van der Waals surface area contributed by atoms with E-state index in [1.165, 1.54) is 9.88 Å². The zero-order chi connectivity index (χ0) is 17.5. The molecule has 0 spiro atoms. The Morgan fingerprint density at radius 2 is 1.96 bits per heavy atom. The van der Waals surface area contributed by atoms with Crippen LogP contribution in [0.2, 0.25) is 0 Å². The molecule has 1 aliphatic heterocycles. The summed E-state index contributed by atoms with van der Waals surface area (Å²) >= 11 is 3.67. The standard InChI is InChI=1S/C19H28N4S2.HI/c1-15(13-17-5-3-11-24-17)14-21-19(20-2)22-16-7-9-23(10-8-16)18-6-4-12-25-18;/h3-6,11-12,15-16H,7-10,13-14H2,1-2H3,(H2,20,21,22);1H. The first kappa shape index (κ1) is 21.5. The highest BCUT2D eigenvalue weighted by Crippen LogP contribution is 2.24. The number of rotatable bonds is 6. The van der Waals surface area contributed by atoms with Crippen LogP contribution < -0.4 is 15.5 Å². The van der Waals surface area contributed by atoms with Crippen LogP contribution in [0, 0.1) is 5.92 Å². The van der Waals surface area contributed by atoms with E-state index in [0.29, 0.717) is 12.0 Å². The molecule has 1 fully saturated rings. The maximum atomic E-state index is 4.41. The Balaban J connectivity index is 0.00000243. The average molecular weight is 505 g/mol. The number of hydrogen-bond donors (Lipinski definition) is 2. The summed E-state index contributed by atoms with van der Waals surface area (Å²) in [7, 11) is 1.86. The Morgan fingerprint density at radius 1 is 1.23 bits per heavy atom. The van der Waals surface area contributed by atoms with Gasteiger partial charge in [-0.1, -0.05) is 13.0 Å². The smallest absolute Gasteiger partial charge is 0.191 e. The average Bonchev–Trinajstić information content (AvgIpc) is 3.33. The van der Waals surface area contributed by atoms with Crippen molar-refractivity contribution in [2.75, 3.05) is 31.6 Å². The van der Waals surface area contributed by atoms with Crippen LogP contribution >= 0.6 is 46.7 Å². The predicted molar refractivity (Wildman–Crippen MR) is 127 cm³/mol. The highest BCUT2D eigenvalue weighted by atomic mass is 127. The van der Waals surface area contributed by atoms with Crippen LogP contribution in [0.4, 0.5) is 5.00 Å². The molecule has 1 saturated heterocycles. The third-order valence-corrected chi connectivity index (χ3v) is 6.45. The minimum absolute atomic E-state index is 0. The molecule has 0 aromatic carbocycles. The monoisotopic (exact) mass is 504 g/mol. The molecule has 0 aliphatic carbocycles. The largest absolute Gasteiger partial charge is 0.363 e. The van der Waals surface area contributed by atoms with Crippen molar-refractivity contribution < 1.29 is 0 Å². The highest BCUT2D eigenvalue weighted by molar-refractivity contribution is 14.0. The molecule has 0 saturated carbocycles. The molecule has 2 N–H and O–H groups in total. The summed E-state index contributed by atoms with van der Waals surface area (Å²) in [6, 6.07) is 9.20. The minimum atomic E-state index is 0. The first-order valence-corrected chi connectivity index (χ1v) is 10.8. The predicted octanol–water partition coefficient (Wildman–Crippen LogP) is 4.44. The summed E-state index contributed by atoms with van der Waals surface area (Å²) in [5.74, 6) is 1.53. The highest BCUT2D eigenvalue weighted by Gasteiger charge is 2.20. The third kappa shape index (κ3) is 6.42. The second-order valence-electron chi connectivity index (χ2n) is 6.70. The lowest BCUT2D eigenvalue weighted by molar-refractivity contribution is 0.459. The minimum Gasteiger partial charge on any atom is -0.363 e. The van der Waals surface area contributed by atoms with E-state index in [2.05, 4.69) is 62.5 Å². The number of piperidine rings is 1. The van der Waals surface area contributed by atoms with E-state index in [1.54, 1.807) is 0 Å². The summed E-state index contributed by atoms with van der Waals surface area (Å²) in [5, 5.41) is 12.8. The topological polar surface area (TPSA) is 39.7 Å². The van der Waals surface area contributed by atoms with Crippen molar-refractivity contribution in [1.82, 2.24) is 10.6 Å². The van der Waals surface area contributed by atoms with Gasteiger partial charge in [-0.3, -0.25) is 4.99 Å². The molecule has 2 aromatic rings. The van der Waals surface area contributed by atoms with Crippen molar-refractivity contribution in [3.8, 4) is 0 Å². The Kier molecular flexibility index (Phi) is 9.21. The van der Waals surface area contributed by atoms with Gasteiger partial charge in [-0.2, -0.15) is 0 Å². The fraction of sp³-hybridized carbons (Fsp3) is 0.526. The maximum absolute atomic E-state index is 4.41. The molecule has 1 unspecified atom stereocenters. The number of aliphatic imine (C=N–C) groups is 1. The molecule has 144 valence electrons. The number of nitrogens with one attached hydrogen (secondary N) is 2. The summed E-state index contributed by atoms with van der Waals surface area (Å²) in [4.78, 5) is 8.35. The van der Waals surface area contributed by atoms with E-state index < -0.39 is 0 Å². The van der Waals surface area contributed by atoms with Crippen LogP contribution in [-0.2, 0) is 6.42 Å².